The zero-order valence-corrected chi connectivity index (χ0v) is 13.0. The van der Waals surface area contributed by atoms with Crippen LogP contribution in [0.4, 0.5) is 0 Å². The Balaban J connectivity index is 2.33. The Labute approximate surface area is 128 Å². The van der Waals surface area contributed by atoms with Gasteiger partial charge >= 0.3 is 5.97 Å². The van der Waals surface area contributed by atoms with Gasteiger partial charge in [-0.3, -0.25) is 9.59 Å². The number of carbonyl (C=O) groups is 2. The number of aryl methyl sites for hydroxylation is 1. The third-order valence-corrected chi connectivity index (χ3v) is 2.72. The van der Waals surface area contributed by atoms with Crippen molar-refractivity contribution in [3.63, 3.8) is 0 Å². The van der Waals surface area contributed by atoms with Crippen LogP contribution in [0.25, 0.3) is 11.5 Å². The molecule has 0 spiro atoms. The number of rotatable bonds is 4. The van der Waals surface area contributed by atoms with Crippen LogP contribution in [-0.2, 0) is 16.1 Å². The zero-order valence-electron chi connectivity index (χ0n) is 13.0. The van der Waals surface area contributed by atoms with Crippen molar-refractivity contribution in [2.75, 3.05) is 0 Å². The molecule has 0 aliphatic rings. The Morgan fingerprint density at radius 1 is 1.36 bits per heavy atom. The van der Waals surface area contributed by atoms with E-state index in [4.69, 9.17) is 14.9 Å². The van der Waals surface area contributed by atoms with Gasteiger partial charge < -0.3 is 14.9 Å². The molecule has 118 valence electrons. The van der Waals surface area contributed by atoms with E-state index >= 15 is 0 Å². The van der Waals surface area contributed by atoms with Gasteiger partial charge in [-0.1, -0.05) is 0 Å². The predicted molar refractivity (Wildman–Crippen MR) is 79.0 cm³/mol. The molecule has 0 bridgehead atoms. The lowest BCUT2D eigenvalue weighted by Gasteiger charge is -2.19. The number of amides is 1. The van der Waals surface area contributed by atoms with E-state index < -0.39 is 17.5 Å². The Kier molecular flexibility index (Phi) is 4.07. The highest BCUT2D eigenvalue weighted by Crippen LogP contribution is 2.23. The molecular formula is C15H19N3O4. The maximum absolute atomic E-state index is 12.0. The summed E-state index contributed by atoms with van der Waals surface area (Å²) in [4.78, 5) is 23.3. The fourth-order valence-electron chi connectivity index (χ4n) is 1.92. The minimum absolute atomic E-state index is 0.0626. The molecule has 2 rings (SSSR count). The molecule has 22 heavy (non-hydrogen) atoms. The third kappa shape index (κ3) is 3.75. The standard InChI is InChI=1S/C15H19N3O4/c1-9-5-6-12(21-9)11-7-10(14(16)20)17-18(11)8-13(19)22-15(2,3)4/h5-7H,8H2,1-4H3,(H2,16,20). The van der Waals surface area contributed by atoms with Crippen molar-refractivity contribution >= 4 is 11.9 Å². The SMILES string of the molecule is Cc1ccc(-c2cc(C(N)=O)nn2CC(=O)OC(C)(C)C)o1. The van der Waals surface area contributed by atoms with Gasteiger partial charge in [0.25, 0.3) is 5.91 Å². The normalized spacial score (nSPS) is 11.5. The number of carbonyl (C=O) groups excluding carboxylic acids is 2. The fourth-order valence-corrected chi connectivity index (χ4v) is 1.92. The largest absolute Gasteiger partial charge is 0.460 e. The average molecular weight is 305 g/mol. The molecule has 0 aromatic carbocycles. The molecule has 7 nitrogen and oxygen atoms in total. The van der Waals surface area contributed by atoms with Crippen molar-refractivity contribution in [2.45, 2.75) is 39.8 Å². The van der Waals surface area contributed by atoms with Crippen molar-refractivity contribution in [3.05, 3.63) is 29.7 Å². The molecule has 0 unspecified atom stereocenters. The van der Waals surface area contributed by atoms with Crippen molar-refractivity contribution in [1.82, 2.24) is 9.78 Å². The molecule has 0 saturated heterocycles. The zero-order chi connectivity index (χ0) is 16.5. The first kappa shape index (κ1) is 15.8. The van der Waals surface area contributed by atoms with Gasteiger partial charge in [-0.05, 0) is 39.8 Å². The molecule has 7 heteroatoms. The topological polar surface area (TPSA) is 100 Å². The summed E-state index contributed by atoms with van der Waals surface area (Å²) in [6.07, 6.45) is 0. The highest BCUT2D eigenvalue weighted by atomic mass is 16.6. The van der Waals surface area contributed by atoms with E-state index in [1.807, 2.05) is 0 Å². The molecule has 2 N–H and O–H groups in total. The monoisotopic (exact) mass is 305 g/mol. The number of nitrogens with zero attached hydrogens (tertiary/aromatic N) is 2. The van der Waals surface area contributed by atoms with Crippen LogP contribution in [0.3, 0.4) is 0 Å². The van der Waals surface area contributed by atoms with Crippen molar-refractivity contribution in [1.29, 1.82) is 0 Å². The first-order valence-corrected chi connectivity index (χ1v) is 6.82. The van der Waals surface area contributed by atoms with E-state index in [1.54, 1.807) is 39.8 Å². The number of hydrogen-bond acceptors (Lipinski definition) is 5. The molecule has 0 aliphatic heterocycles. The molecule has 1 amide bonds. The van der Waals surface area contributed by atoms with Crippen LogP contribution >= 0.6 is 0 Å². The first-order chi connectivity index (χ1) is 10.2. The quantitative estimate of drug-likeness (QED) is 0.869. The summed E-state index contributed by atoms with van der Waals surface area (Å²) in [7, 11) is 0. The Morgan fingerprint density at radius 3 is 2.55 bits per heavy atom. The molecule has 0 saturated carbocycles. The summed E-state index contributed by atoms with van der Waals surface area (Å²) in [5.41, 5.74) is 5.21. The van der Waals surface area contributed by atoms with Gasteiger partial charge in [-0.25, -0.2) is 4.68 Å². The number of furan rings is 1. The molecule has 0 atom stereocenters. The van der Waals surface area contributed by atoms with E-state index in [9.17, 15) is 9.59 Å². The smallest absolute Gasteiger partial charge is 0.328 e. The summed E-state index contributed by atoms with van der Waals surface area (Å²) in [6, 6.07) is 5.01. The van der Waals surface area contributed by atoms with E-state index in [0.29, 0.717) is 17.2 Å². The minimum Gasteiger partial charge on any atom is -0.460 e. The predicted octanol–water partition coefficient (Wildman–Crippen LogP) is 1.89. The van der Waals surface area contributed by atoms with Gasteiger partial charge in [-0.15, -0.1) is 0 Å². The molecule has 2 heterocycles. The Morgan fingerprint density at radius 2 is 2.05 bits per heavy atom. The van der Waals surface area contributed by atoms with Gasteiger partial charge in [0.05, 0.1) is 0 Å². The van der Waals surface area contributed by atoms with Gasteiger partial charge in [0, 0.05) is 6.07 Å². The number of esters is 1. The van der Waals surface area contributed by atoms with E-state index in [0.717, 1.165) is 0 Å². The third-order valence-electron chi connectivity index (χ3n) is 2.72. The number of primary amides is 1. The second kappa shape index (κ2) is 5.67. The molecular weight excluding hydrogens is 286 g/mol. The first-order valence-electron chi connectivity index (χ1n) is 6.82. The summed E-state index contributed by atoms with van der Waals surface area (Å²) in [5.74, 6) is 0.0744. The Bertz CT molecular complexity index is 707. The van der Waals surface area contributed by atoms with Crippen LogP contribution in [0.1, 0.15) is 37.0 Å². The minimum atomic E-state index is -0.674. The van der Waals surface area contributed by atoms with E-state index in [-0.39, 0.29) is 12.2 Å². The van der Waals surface area contributed by atoms with Gasteiger partial charge in [-0.2, -0.15) is 5.10 Å². The lowest BCUT2D eigenvalue weighted by Crippen LogP contribution is -2.27. The van der Waals surface area contributed by atoms with Gasteiger partial charge in [0.15, 0.2) is 11.5 Å². The lowest BCUT2D eigenvalue weighted by atomic mass is 10.2. The maximum Gasteiger partial charge on any atom is 0.328 e. The van der Waals surface area contributed by atoms with Crippen molar-refractivity contribution in [2.24, 2.45) is 5.73 Å². The lowest BCUT2D eigenvalue weighted by molar-refractivity contribution is -0.155. The average Bonchev–Trinajstić information content (AvgIpc) is 2.93. The highest BCUT2D eigenvalue weighted by Gasteiger charge is 2.21. The summed E-state index contributed by atoms with van der Waals surface area (Å²) in [5, 5.41) is 4.05. The van der Waals surface area contributed by atoms with Crippen LogP contribution in [0.15, 0.2) is 22.6 Å². The van der Waals surface area contributed by atoms with E-state index in [2.05, 4.69) is 5.10 Å². The van der Waals surface area contributed by atoms with Crippen molar-refractivity contribution < 1.29 is 18.7 Å². The molecule has 2 aromatic rings. The van der Waals surface area contributed by atoms with Crippen LogP contribution in [0.5, 0.6) is 0 Å². The number of aromatic nitrogens is 2. The summed E-state index contributed by atoms with van der Waals surface area (Å²) in [6.45, 7) is 6.99. The molecule has 2 aromatic heterocycles. The number of hydrogen-bond donors (Lipinski definition) is 1. The van der Waals surface area contributed by atoms with Crippen LogP contribution in [-0.4, -0.2) is 27.3 Å². The van der Waals surface area contributed by atoms with Crippen LogP contribution in [0.2, 0.25) is 0 Å². The van der Waals surface area contributed by atoms with Gasteiger partial charge in [0.1, 0.15) is 23.6 Å². The molecule has 0 radical (unpaired) electrons. The second-order valence-electron chi connectivity index (χ2n) is 5.93. The number of ether oxygens (including phenoxy) is 1. The van der Waals surface area contributed by atoms with Crippen molar-refractivity contribution in [3.8, 4) is 11.5 Å². The summed E-state index contributed by atoms with van der Waals surface area (Å²) < 4.78 is 12.1. The highest BCUT2D eigenvalue weighted by molar-refractivity contribution is 5.92. The van der Waals surface area contributed by atoms with Gasteiger partial charge in [0.2, 0.25) is 0 Å². The fraction of sp³-hybridized carbons (Fsp3) is 0.400. The molecule has 0 fully saturated rings. The van der Waals surface area contributed by atoms with E-state index in [1.165, 1.54) is 10.7 Å². The van der Waals surface area contributed by atoms with Crippen LogP contribution in [0, 0.1) is 6.92 Å². The molecule has 0 aliphatic carbocycles. The summed E-state index contributed by atoms with van der Waals surface area (Å²) >= 11 is 0. The maximum atomic E-state index is 12.0. The van der Waals surface area contributed by atoms with Crippen LogP contribution < -0.4 is 5.73 Å². The Hall–Kier alpha value is -2.57. The number of nitrogens with two attached hydrogens (primary N) is 1. The second-order valence-corrected chi connectivity index (χ2v) is 5.93.